The summed E-state index contributed by atoms with van der Waals surface area (Å²) in [5, 5.41) is 4.87. The van der Waals surface area contributed by atoms with Crippen LogP contribution < -0.4 is 9.73 Å². The van der Waals surface area contributed by atoms with Crippen LogP contribution in [0.4, 0.5) is 5.69 Å². The number of para-hydroxylation sites is 1. The molecule has 37 heavy (non-hydrogen) atoms. The number of hydrogen-bond acceptors (Lipinski definition) is 5. The summed E-state index contributed by atoms with van der Waals surface area (Å²) >= 11 is 12.2. The lowest BCUT2D eigenvalue weighted by atomic mass is 10.2. The minimum Gasteiger partial charge on any atom is -0.455 e. The predicted molar refractivity (Wildman–Crippen MR) is 147 cm³/mol. The second kappa shape index (κ2) is 11.2. The average Bonchev–Trinajstić information content (AvgIpc) is 3.32. The minimum atomic E-state index is -4.02. The molecule has 0 fully saturated rings. The van der Waals surface area contributed by atoms with Crippen LogP contribution in [0, 0.1) is 13.8 Å². The van der Waals surface area contributed by atoms with Gasteiger partial charge in [-0.2, -0.15) is 5.10 Å². The highest BCUT2D eigenvalue weighted by atomic mass is 35.5. The second-order valence-electron chi connectivity index (χ2n) is 8.23. The number of hydrogen-bond donors (Lipinski definition) is 1. The zero-order valence-corrected chi connectivity index (χ0v) is 22.3. The molecular formula is C27H23Cl2N3O4S. The molecule has 1 amide bonds. The van der Waals surface area contributed by atoms with Gasteiger partial charge in [-0.3, -0.25) is 9.10 Å². The monoisotopic (exact) mass is 555 g/mol. The summed E-state index contributed by atoms with van der Waals surface area (Å²) in [5.41, 5.74) is 5.06. The van der Waals surface area contributed by atoms with Gasteiger partial charge in [-0.1, -0.05) is 59.1 Å². The summed E-state index contributed by atoms with van der Waals surface area (Å²) < 4.78 is 33.8. The highest BCUT2D eigenvalue weighted by molar-refractivity contribution is 7.92. The Balaban J connectivity index is 1.51. The van der Waals surface area contributed by atoms with Gasteiger partial charge in [-0.25, -0.2) is 13.8 Å². The van der Waals surface area contributed by atoms with Gasteiger partial charge in [0.1, 0.15) is 18.1 Å². The third-order valence-electron chi connectivity index (χ3n) is 5.48. The van der Waals surface area contributed by atoms with Crippen molar-refractivity contribution in [2.75, 3.05) is 10.8 Å². The van der Waals surface area contributed by atoms with E-state index in [0.717, 1.165) is 9.87 Å². The summed E-state index contributed by atoms with van der Waals surface area (Å²) in [4.78, 5) is 12.9. The first kappa shape index (κ1) is 26.5. The topological polar surface area (TPSA) is 92.0 Å². The van der Waals surface area contributed by atoms with Gasteiger partial charge in [0.05, 0.1) is 21.8 Å². The Bertz CT molecular complexity index is 1560. The molecule has 0 aliphatic rings. The summed E-state index contributed by atoms with van der Waals surface area (Å²) in [7, 11) is -4.02. The van der Waals surface area contributed by atoms with E-state index < -0.39 is 22.5 Å². The van der Waals surface area contributed by atoms with Crippen molar-refractivity contribution in [3.8, 4) is 11.3 Å². The van der Waals surface area contributed by atoms with E-state index in [1.54, 1.807) is 73.7 Å². The van der Waals surface area contributed by atoms with Crippen LogP contribution in [0.1, 0.15) is 16.9 Å². The zero-order chi connectivity index (χ0) is 26.6. The number of rotatable bonds is 8. The molecule has 1 N–H and O–H groups in total. The molecule has 7 nitrogen and oxygen atoms in total. The number of halogens is 2. The Morgan fingerprint density at radius 3 is 2.43 bits per heavy atom. The quantitative estimate of drug-likeness (QED) is 0.206. The van der Waals surface area contributed by atoms with E-state index in [0.29, 0.717) is 38.4 Å². The first-order valence-corrected chi connectivity index (χ1v) is 13.4. The number of aryl methyl sites for hydroxylation is 2. The Kier molecular flexibility index (Phi) is 8.02. The average molecular weight is 556 g/mol. The predicted octanol–water partition coefficient (Wildman–Crippen LogP) is 6.22. The number of anilines is 1. The fraction of sp³-hybridized carbons (Fsp3) is 0.111. The van der Waals surface area contributed by atoms with Crippen LogP contribution in [-0.4, -0.2) is 27.1 Å². The lowest BCUT2D eigenvalue weighted by molar-refractivity contribution is -0.119. The summed E-state index contributed by atoms with van der Waals surface area (Å²) in [6.07, 6.45) is 1.32. The van der Waals surface area contributed by atoms with E-state index in [1.165, 1.54) is 18.3 Å². The molecule has 0 unspecified atom stereocenters. The molecule has 10 heteroatoms. The van der Waals surface area contributed by atoms with Crippen LogP contribution in [0.2, 0.25) is 10.0 Å². The second-order valence-corrected chi connectivity index (χ2v) is 10.9. The van der Waals surface area contributed by atoms with Crippen LogP contribution in [0.15, 0.2) is 93.3 Å². The van der Waals surface area contributed by atoms with Crippen molar-refractivity contribution >= 4 is 51.0 Å². The Morgan fingerprint density at radius 2 is 1.73 bits per heavy atom. The lowest BCUT2D eigenvalue weighted by Gasteiger charge is -2.25. The maximum atomic E-state index is 13.5. The number of nitrogens with one attached hydrogen (secondary N) is 1. The van der Waals surface area contributed by atoms with Crippen molar-refractivity contribution in [2.24, 2.45) is 5.10 Å². The molecule has 0 radical (unpaired) electrons. The largest absolute Gasteiger partial charge is 0.455 e. The van der Waals surface area contributed by atoms with Gasteiger partial charge in [0.15, 0.2) is 0 Å². The summed E-state index contributed by atoms with van der Waals surface area (Å²) in [6, 6.07) is 21.8. The van der Waals surface area contributed by atoms with Gasteiger partial charge >= 0.3 is 0 Å². The Morgan fingerprint density at radius 1 is 1.00 bits per heavy atom. The number of hydrazone groups is 1. The van der Waals surface area contributed by atoms with Crippen LogP contribution in [0.5, 0.6) is 0 Å². The van der Waals surface area contributed by atoms with E-state index >= 15 is 0 Å². The van der Waals surface area contributed by atoms with Gasteiger partial charge in [0.2, 0.25) is 0 Å². The highest BCUT2D eigenvalue weighted by Crippen LogP contribution is 2.31. The van der Waals surface area contributed by atoms with E-state index in [2.05, 4.69) is 10.5 Å². The molecule has 0 bridgehead atoms. The Labute approximate surface area is 225 Å². The third-order valence-corrected chi connectivity index (χ3v) is 7.81. The molecule has 0 atom stereocenters. The van der Waals surface area contributed by atoms with Crippen LogP contribution >= 0.6 is 23.2 Å². The molecule has 1 aromatic heterocycles. The van der Waals surface area contributed by atoms with Crippen molar-refractivity contribution in [1.29, 1.82) is 0 Å². The van der Waals surface area contributed by atoms with Crippen molar-refractivity contribution in [3.63, 3.8) is 0 Å². The maximum absolute atomic E-state index is 13.5. The number of amides is 1. The van der Waals surface area contributed by atoms with Gasteiger partial charge in [0, 0.05) is 10.6 Å². The first-order chi connectivity index (χ1) is 17.6. The maximum Gasteiger partial charge on any atom is 0.264 e. The number of sulfonamides is 1. The van der Waals surface area contributed by atoms with E-state index in [9.17, 15) is 13.2 Å². The van der Waals surface area contributed by atoms with Gasteiger partial charge < -0.3 is 4.42 Å². The molecule has 190 valence electrons. The van der Waals surface area contributed by atoms with Gasteiger partial charge in [-0.15, -0.1) is 0 Å². The molecule has 4 rings (SSSR count). The SMILES string of the molecule is Cc1ccc(S(=O)(=O)N(CC(=O)N/N=C\c2ccc(-c3ccc(Cl)cc3Cl)o2)c2ccccc2C)cc1. The van der Waals surface area contributed by atoms with Gasteiger partial charge in [-0.05, 0) is 67.9 Å². The van der Waals surface area contributed by atoms with Crippen LogP contribution in [0.3, 0.4) is 0 Å². The normalized spacial score (nSPS) is 11.6. The van der Waals surface area contributed by atoms with E-state index in [4.69, 9.17) is 27.6 Å². The Hall–Kier alpha value is -3.59. The molecule has 1 heterocycles. The van der Waals surface area contributed by atoms with Crippen LogP contribution in [0.25, 0.3) is 11.3 Å². The smallest absolute Gasteiger partial charge is 0.264 e. The lowest BCUT2D eigenvalue weighted by Crippen LogP contribution is -2.40. The molecule has 3 aromatic carbocycles. The fourth-order valence-electron chi connectivity index (χ4n) is 3.57. The number of furan rings is 1. The van der Waals surface area contributed by atoms with Gasteiger partial charge in [0.25, 0.3) is 15.9 Å². The number of benzene rings is 3. The van der Waals surface area contributed by atoms with Crippen molar-refractivity contribution < 1.29 is 17.6 Å². The molecule has 4 aromatic rings. The molecule has 0 aliphatic heterocycles. The van der Waals surface area contributed by atoms with E-state index in [1.807, 2.05) is 6.92 Å². The number of nitrogens with zero attached hydrogens (tertiary/aromatic N) is 2. The first-order valence-electron chi connectivity index (χ1n) is 11.2. The van der Waals surface area contributed by atoms with Crippen LogP contribution in [-0.2, 0) is 14.8 Å². The molecular weight excluding hydrogens is 533 g/mol. The highest BCUT2D eigenvalue weighted by Gasteiger charge is 2.28. The number of carbonyl (C=O) groups is 1. The zero-order valence-electron chi connectivity index (χ0n) is 20.0. The molecule has 0 saturated heterocycles. The fourth-order valence-corrected chi connectivity index (χ4v) is 5.56. The minimum absolute atomic E-state index is 0.0848. The van der Waals surface area contributed by atoms with Crippen molar-refractivity contribution in [3.05, 3.63) is 106 Å². The van der Waals surface area contributed by atoms with E-state index in [-0.39, 0.29) is 4.90 Å². The number of carbonyl (C=O) groups excluding carboxylic acids is 1. The molecule has 0 spiro atoms. The molecule has 0 aliphatic carbocycles. The summed E-state index contributed by atoms with van der Waals surface area (Å²) in [6.45, 7) is 3.18. The van der Waals surface area contributed by atoms with Crippen molar-refractivity contribution in [1.82, 2.24) is 5.43 Å². The standard InChI is InChI=1S/C27H23Cl2N3O4S/c1-18-7-11-22(12-8-18)37(34,35)32(25-6-4-3-5-19(25)2)17-27(33)31-30-16-21-10-14-26(36-21)23-13-9-20(28)15-24(23)29/h3-16H,17H2,1-2H3,(H,31,33)/b30-16-. The summed E-state index contributed by atoms with van der Waals surface area (Å²) in [5.74, 6) is 0.247. The van der Waals surface area contributed by atoms with Crippen molar-refractivity contribution in [2.45, 2.75) is 18.7 Å². The third kappa shape index (κ3) is 6.22. The molecule has 0 saturated carbocycles.